The summed E-state index contributed by atoms with van der Waals surface area (Å²) in [4.78, 5) is 0. The minimum atomic E-state index is -1.96. The van der Waals surface area contributed by atoms with Crippen molar-refractivity contribution >= 4 is 31.6 Å². The van der Waals surface area contributed by atoms with Gasteiger partial charge in [0.2, 0.25) is 0 Å². The molecule has 4 atom stereocenters. The quantitative estimate of drug-likeness (QED) is 0.249. The largest absolute Gasteiger partial charge is 1.00 e. The zero-order chi connectivity index (χ0) is 24.4. The summed E-state index contributed by atoms with van der Waals surface area (Å²) in [6.45, 7) is 0. The third-order valence-corrected chi connectivity index (χ3v) is 14.7. The van der Waals surface area contributed by atoms with Crippen LogP contribution in [0.3, 0.4) is 0 Å². The van der Waals surface area contributed by atoms with Gasteiger partial charge in [-0.15, -0.1) is 0 Å². The van der Waals surface area contributed by atoms with E-state index in [1.165, 1.54) is 44.5 Å². The Kier molecular flexibility index (Phi) is 5.66. The van der Waals surface area contributed by atoms with Gasteiger partial charge < -0.3 is 12.4 Å². The maximum atomic E-state index is 2.57. The van der Waals surface area contributed by atoms with Gasteiger partial charge in [0.05, 0.1) is 7.26 Å². The zero-order valence-electron chi connectivity index (χ0n) is 21.0. The molecule has 4 aromatic rings. The number of hydrogen-bond donors (Lipinski definition) is 0. The van der Waals surface area contributed by atoms with Gasteiger partial charge in [-0.1, -0.05) is 121 Å². The molecular formula is C36H28ClP. The van der Waals surface area contributed by atoms with E-state index in [9.17, 15) is 0 Å². The van der Waals surface area contributed by atoms with E-state index in [4.69, 9.17) is 0 Å². The maximum Gasteiger partial charge on any atom is 0.116 e. The standard InChI is InChI=1S/C36H28P.ClH/c1-5-13-29-25(9-1)17-21-33(29)37(34-22-18-26-10-2-6-14-30(26)34,35-23-19-27-11-3-7-15-31(27)35)36-24-20-28-12-4-8-16-32(28)36;/h1-24,33-36H;1H/q+1;/p-1. The van der Waals surface area contributed by atoms with E-state index in [0.29, 0.717) is 22.6 Å². The minimum Gasteiger partial charge on any atom is -1.00 e. The van der Waals surface area contributed by atoms with Crippen molar-refractivity contribution < 1.29 is 12.4 Å². The predicted molar refractivity (Wildman–Crippen MR) is 160 cm³/mol. The van der Waals surface area contributed by atoms with Gasteiger partial charge in [-0.05, 0) is 46.6 Å². The smallest absolute Gasteiger partial charge is 0.116 e. The van der Waals surface area contributed by atoms with Crippen LogP contribution in [0.1, 0.15) is 67.1 Å². The molecule has 184 valence electrons. The van der Waals surface area contributed by atoms with Gasteiger partial charge in [-0.2, -0.15) is 0 Å². The highest BCUT2D eigenvalue weighted by molar-refractivity contribution is 7.78. The van der Waals surface area contributed by atoms with E-state index in [0.717, 1.165) is 0 Å². The molecule has 4 unspecified atom stereocenters. The summed E-state index contributed by atoms with van der Waals surface area (Å²) in [5, 5.41) is 0. The lowest BCUT2D eigenvalue weighted by Gasteiger charge is -2.45. The van der Waals surface area contributed by atoms with Gasteiger partial charge >= 0.3 is 0 Å². The number of halogens is 1. The topological polar surface area (TPSA) is 0 Å². The van der Waals surface area contributed by atoms with E-state index in [2.05, 4.69) is 146 Å². The van der Waals surface area contributed by atoms with Crippen molar-refractivity contribution in [2.45, 2.75) is 22.6 Å². The number of allylic oxidation sites excluding steroid dienone is 4. The molecule has 0 spiro atoms. The Labute approximate surface area is 231 Å². The Morgan fingerprint density at radius 1 is 0.342 bits per heavy atom. The Balaban J connectivity index is 0.00000242. The summed E-state index contributed by atoms with van der Waals surface area (Å²) in [6.07, 6.45) is 19.9. The molecule has 38 heavy (non-hydrogen) atoms. The van der Waals surface area contributed by atoms with E-state index >= 15 is 0 Å². The summed E-state index contributed by atoms with van der Waals surface area (Å²) in [5.41, 5.74) is 13.1. The Morgan fingerprint density at radius 2 is 0.579 bits per heavy atom. The van der Waals surface area contributed by atoms with Gasteiger partial charge in [-0.25, -0.2) is 0 Å². The first-order valence-corrected chi connectivity index (χ1v) is 15.4. The van der Waals surface area contributed by atoms with E-state index in [1.54, 1.807) is 0 Å². The third kappa shape index (κ3) is 3.21. The molecule has 0 aromatic heterocycles. The SMILES string of the molecule is C1=CC([P+](C2C=Cc3ccccc32)(C2C=Cc3ccccc32)C2C=Cc3ccccc32)c2ccccc21.[Cl-]. The first-order valence-electron chi connectivity index (χ1n) is 13.3. The van der Waals surface area contributed by atoms with Crippen LogP contribution in [0.2, 0.25) is 0 Å². The fraction of sp³-hybridized carbons (Fsp3) is 0.111. The predicted octanol–water partition coefficient (Wildman–Crippen LogP) is 7.08. The van der Waals surface area contributed by atoms with Gasteiger partial charge in [-0.3, -0.25) is 0 Å². The van der Waals surface area contributed by atoms with E-state index < -0.39 is 7.26 Å². The van der Waals surface area contributed by atoms with Crippen LogP contribution in [-0.4, -0.2) is 0 Å². The van der Waals surface area contributed by atoms with Gasteiger partial charge in [0.1, 0.15) is 22.6 Å². The van der Waals surface area contributed by atoms with Gasteiger partial charge in [0.15, 0.2) is 0 Å². The molecule has 0 N–H and O–H groups in total. The summed E-state index contributed by atoms with van der Waals surface area (Å²) < 4.78 is 0. The second kappa shape index (κ2) is 9.09. The zero-order valence-corrected chi connectivity index (χ0v) is 22.6. The Morgan fingerprint density at radius 3 is 0.842 bits per heavy atom. The monoisotopic (exact) mass is 526 g/mol. The van der Waals surface area contributed by atoms with Crippen molar-refractivity contribution in [3.05, 3.63) is 166 Å². The van der Waals surface area contributed by atoms with E-state index in [1.807, 2.05) is 0 Å². The lowest BCUT2D eigenvalue weighted by Crippen LogP contribution is -3.00. The fourth-order valence-electron chi connectivity index (χ4n) is 7.52. The summed E-state index contributed by atoms with van der Waals surface area (Å²) in [7, 11) is -1.96. The van der Waals surface area contributed by atoms with Crippen molar-refractivity contribution in [1.29, 1.82) is 0 Å². The molecule has 0 nitrogen and oxygen atoms in total. The van der Waals surface area contributed by atoms with Crippen LogP contribution in [0.15, 0.2) is 121 Å². The van der Waals surface area contributed by atoms with Crippen LogP contribution in [0.5, 0.6) is 0 Å². The average Bonchev–Trinajstić information content (AvgIpc) is 3.75. The molecule has 0 amide bonds. The summed E-state index contributed by atoms with van der Waals surface area (Å²) in [5.74, 6) is 0. The minimum absolute atomic E-state index is 0. The molecule has 0 heterocycles. The number of hydrogen-bond acceptors (Lipinski definition) is 0. The van der Waals surface area contributed by atoms with Crippen LogP contribution in [0.4, 0.5) is 0 Å². The fourth-order valence-corrected chi connectivity index (χ4v) is 14.0. The highest BCUT2D eigenvalue weighted by Gasteiger charge is 2.64. The molecule has 4 aliphatic rings. The van der Waals surface area contributed by atoms with E-state index in [-0.39, 0.29) is 12.4 Å². The molecule has 4 aromatic carbocycles. The van der Waals surface area contributed by atoms with Crippen LogP contribution in [0.25, 0.3) is 24.3 Å². The highest BCUT2D eigenvalue weighted by atomic mass is 35.5. The average molecular weight is 527 g/mol. The number of fused-ring (bicyclic) bond motifs is 4. The summed E-state index contributed by atoms with van der Waals surface area (Å²) in [6, 6.07) is 36.5. The van der Waals surface area contributed by atoms with Crippen molar-refractivity contribution in [3.8, 4) is 0 Å². The molecule has 0 bridgehead atoms. The second-order valence-corrected chi connectivity index (χ2v) is 14.6. The van der Waals surface area contributed by atoms with Crippen LogP contribution in [0, 0.1) is 0 Å². The number of rotatable bonds is 4. The van der Waals surface area contributed by atoms with Gasteiger partial charge in [0, 0.05) is 22.3 Å². The molecule has 4 aliphatic carbocycles. The molecule has 8 rings (SSSR count). The lowest BCUT2D eigenvalue weighted by atomic mass is 10.1. The van der Waals surface area contributed by atoms with Crippen LogP contribution < -0.4 is 12.4 Å². The van der Waals surface area contributed by atoms with Crippen LogP contribution in [-0.2, 0) is 0 Å². The summed E-state index contributed by atoms with van der Waals surface area (Å²) >= 11 is 0. The molecular weight excluding hydrogens is 499 g/mol. The lowest BCUT2D eigenvalue weighted by molar-refractivity contribution is -0.00000684. The first kappa shape index (κ1) is 23.7. The second-order valence-electron chi connectivity index (χ2n) is 10.6. The van der Waals surface area contributed by atoms with Crippen molar-refractivity contribution in [2.24, 2.45) is 0 Å². The molecule has 0 saturated heterocycles. The normalized spacial score (nSPS) is 24.4. The Bertz CT molecular complexity index is 1420. The molecule has 0 aliphatic heterocycles. The third-order valence-electron chi connectivity index (χ3n) is 9.02. The van der Waals surface area contributed by atoms with Crippen LogP contribution >= 0.6 is 7.26 Å². The molecule has 0 fully saturated rings. The maximum absolute atomic E-state index is 2.57. The number of benzene rings is 4. The van der Waals surface area contributed by atoms with Crippen molar-refractivity contribution in [2.75, 3.05) is 0 Å². The molecule has 0 radical (unpaired) electrons. The Hall–Kier alpha value is -3.44. The molecule has 0 saturated carbocycles. The highest BCUT2D eigenvalue weighted by Crippen LogP contribution is 2.94. The molecule has 2 heteroatoms. The first-order chi connectivity index (χ1) is 18.4. The van der Waals surface area contributed by atoms with Gasteiger partial charge in [0.25, 0.3) is 0 Å². The van der Waals surface area contributed by atoms with Crippen molar-refractivity contribution in [1.82, 2.24) is 0 Å². The van der Waals surface area contributed by atoms with Crippen molar-refractivity contribution in [3.63, 3.8) is 0 Å².